The van der Waals surface area contributed by atoms with Gasteiger partial charge in [0, 0.05) is 43.4 Å². The number of hydrogen-bond donors (Lipinski definition) is 0. The molecule has 170 valence electrons. The average molecular weight is 479 g/mol. The molecule has 7 rings (SSSR count). The third kappa shape index (κ3) is 3.36. The highest BCUT2D eigenvalue weighted by atomic mass is 32.1. The van der Waals surface area contributed by atoms with Gasteiger partial charge in [0.15, 0.2) is 0 Å². The molecular weight excluding hydrogens is 456 g/mol. The van der Waals surface area contributed by atoms with Crippen LogP contribution in [0.15, 0.2) is 134 Å². The van der Waals surface area contributed by atoms with E-state index in [9.17, 15) is 0 Å². The molecule has 3 heteroatoms. The minimum absolute atomic E-state index is 1.01. The van der Waals surface area contributed by atoms with Crippen molar-refractivity contribution in [2.45, 2.75) is 0 Å². The summed E-state index contributed by atoms with van der Waals surface area (Å²) in [7, 11) is 0. The van der Waals surface area contributed by atoms with Gasteiger partial charge in [0.2, 0.25) is 0 Å². The molecule has 0 spiro atoms. The highest BCUT2D eigenvalue weighted by Gasteiger charge is 2.23. The van der Waals surface area contributed by atoms with E-state index >= 15 is 0 Å². The zero-order valence-electron chi connectivity index (χ0n) is 19.5. The molecule has 0 N–H and O–H groups in total. The molecule has 0 amide bonds. The summed E-state index contributed by atoms with van der Waals surface area (Å²) < 4.78 is 2.00. The fraction of sp³-hybridized carbons (Fsp3) is 0. The van der Waals surface area contributed by atoms with E-state index in [1.54, 1.807) is 0 Å². The van der Waals surface area contributed by atoms with E-state index in [2.05, 4.69) is 121 Å². The largest absolute Gasteiger partial charge is 0.240 e. The van der Waals surface area contributed by atoms with Crippen LogP contribution in [0.5, 0.6) is 0 Å². The number of hydrogen-bond acceptors (Lipinski definition) is 2. The van der Waals surface area contributed by atoms with Crippen LogP contribution in [-0.2, 0) is 0 Å². The van der Waals surface area contributed by atoms with Crippen LogP contribution < -0.4 is 0 Å². The number of pyridine rings is 1. The Labute approximate surface area is 213 Å². The molecule has 0 bridgehead atoms. The SMILES string of the molecule is c1ccc(-c2ccccc2-c2sc(-c3c(-c4ccccc4)nn4ccccc34)c3ccccc23)cc1. The number of aromatic nitrogens is 2. The summed E-state index contributed by atoms with van der Waals surface area (Å²) in [6.07, 6.45) is 2.03. The third-order valence-corrected chi connectivity index (χ3v) is 7.96. The Balaban J connectivity index is 1.54. The smallest absolute Gasteiger partial charge is 0.102 e. The Morgan fingerprint density at radius 2 is 1.08 bits per heavy atom. The predicted octanol–water partition coefficient (Wildman–Crippen LogP) is 9.22. The normalized spacial score (nSPS) is 11.3. The highest BCUT2D eigenvalue weighted by Crippen LogP contribution is 2.49. The fourth-order valence-electron chi connectivity index (χ4n) is 5.05. The molecule has 0 saturated heterocycles. The maximum Gasteiger partial charge on any atom is 0.102 e. The lowest BCUT2D eigenvalue weighted by Gasteiger charge is -2.09. The van der Waals surface area contributed by atoms with Crippen LogP contribution >= 0.6 is 11.3 Å². The molecule has 0 unspecified atom stereocenters. The van der Waals surface area contributed by atoms with Crippen LogP contribution in [0.1, 0.15) is 0 Å². The lowest BCUT2D eigenvalue weighted by molar-refractivity contribution is 0.966. The van der Waals surface area contributed by atoms with Gasteiger partial charge in [-0.2, -0.15) is 5.10 Å². The van der Waals surface area contributed by atoms with E-state index in [0.29, 0.717) is 0 Å². The first kappa shape index (κ1) is 20.9. The van der Waals surface area contributed by atoms with Gasteiger partial charge in [-0.1, -0.05) is 115 Å². The van der Waals surface area contributed by atoms with Gasteiger partial charge in [0.1, 0.15) is 5.69 Å². The second kappa shape index (κ2) is 8.63. The average Bonchev–Trinajstić information content (AvgIpc) is 3.53. The molecule has 36 heavy (non-hydrogen) atoms. The molecule has 0 atom stereocenters. The lowest BCUT2D eigenvalue weighted by atomic mass is 9.96. The molecule has 4 aromatic carbocycles. The topological polar surface area (TPSA) is 17.3 Å². The zero-order chi connectivity index (χ0) is 23.9. The van der Waals surface area contributed by atoms with Crippen molar-refractivity contribution in [1.29, 1.82) is 0 Å². The fourth-order valence-corrected chi connectivity index (χ4v) is 6.42. The number of thiophene rings is 1. The van der Waals surface area contributed by atoms with Crippen LogP contribution in [0, 0.1) is 0 Å². The van der Waals surface area contributed by atoms with E-state index in [0.717, 1.165) is 16.8 Å². The summed E-state index contributed by atoms with van der Waals surface area (Å²) in [6.45, 7) is 0. The van der Waals surface area contributed by atoms with Crippen molar-refractivity contribution in [3.8, 4) is 43.3 Å². The van der Waals surface area contributed by atoms with Gasteiger partial charge >= 0.3 is 0 Å². The van der Waals surface area contributed by atoms with E-state index in [1.165, 1.54) is 42.8 Å². The second-order valence-electron chi connectivity index (χ2n) is 8.84. The van der Waals surface area contributed by atoms with Gasteiger partial charge < -0.3 is 0 Å². The van der Waals surface area contributed by atoms with Crippen molar-refractivity contribution in [1.82, 2.24) is 9.61 Å². The van der Waals surface area contributed by atoms with Crippen molar-refractivity contribution in [2.75, 3.05) is 0 Å². The minimum atomic E-state index is 1.01. The molecule has 0 saturated carbocycles. The summed E-state index contributed by atoms with van der Waals surface area (Å²) in [6, 6.07) is 45.0. The zero-order valence-corrected chi connectivity index (χ0v) is 20.3. The summed E-state index contributed by atoms with van der Waals surface area (Å²) in [4.78, 5) is 2.54. The molecule has 0 aliphatic carbocycles. The Kier molecular flexibility index (Phi) is 5.00. The molecule has 3 heterocycles. The molecule has 2 nitrogen and oxygen atoms in total. The Morgan fingerprint density at radius 1 is 0.500 bits per heavy atom. The molecular formula is C33H22N2S. The highest BCUT2D eigenvalue weighted by molar-refractivity contribution is 7.21. The maximum atomic E-state index is 5.04. The van der Waals surface area contributed by atoms with Crippen molar-refractivity contribution < 1.29 is 0 Å². The van der Waals surface area contributed by atoms with Crippen molar-refractivity contribution in [3.05, 3.63) is 134 Å². The van der Waals surface area contributed by atoms with Crippen LogP contribution in [0.25, 0.3) is 59.6 Å². The van der Waals surface area contributed by atoms with Gasteiger partial charge in [-0.25, -0.2) is 4.52 Å². The summed E-state index contributed by atoms with van der Waals surface area (Å²) in [5.74, 6) is 0. The maximum absolute atomic E-state index is 5.04. The van der Waals surface area contributed by atoms with Crippen LogP contribution in [-0.4, -0.2) is 9.61 Å². The monoisotopic (exact) mass is 478 g/mol. The van der Waals surface area contributed by atoms with Crippen molar-refractivity contribution in [3.63, 3.8) is 0 Å². The Bertz CT molecular complexity index is 1830. The molecule has 7 aromatic rings. The summed E-state index contributed by atoms with van der Waals surface area (Å²) >= 11 is 1.86. The molecule has 3 aromatic heterocycles. The quantitative estimate of drug-likeness (QED) is 0.246. The van der Waals surface area contributed by atoms with Gasteiger partial charge in [0.05, 0.1) is 5.52 Å². The van der Waals surface area contributed by atoms with Crippen molar-refractivity contribution >= 4 is 27.6 Å². The number of fused-ring (bicyclic) bond motifs is 2. The number of nitrogens with zero attached hydrogens (tertiary/aromatic N) is 2. The van der Waals surface area contributed by atoms with Crippen LogP contribution in [0.3, 0.4) is 0 Å². The van der Waals surface area contributed by atoms with Gasteiger partial charge in [-0.15, -0.1) is 11.3 Å². The van der Waals surface area contributed by atoms with Crippen molar-refractivity contribution in [2.24, 2.45) is 0 Å². The van der Waals surface area contributed by atoms with E-state index in [-0.39, 0.29) is 0 Å². The summed E-state index contributed by atoms with van der Waals surface area (Å²) in [5, 5.41) is 7.57. The van der Waals surface area contributed by atoms with Gasteiger partial charge in [0.25, 0.3) is 0 Å². The van der Waals surface area contributed by atoms with E-state index in [4.69, 9.17) is 5.10 Å². The van der Waals surface area contributed by atoms with Gasteiger partial charge in [-0.05, 0) is 23.3 Å². The van der Waals surface area contributed by atoms with Crippen LogP contribution in [0.4, 0.5) is 0 Å². The molecule has 0 aliphatic heterocycles. The first-order valence-corrected chi connectivity index (χ1v) is 12.9. The number of benzene rings is 4. The molecule has 0 radical (unpaired) electrons. The molecule has 0 fully saturated rings. The first-order chi connectivity index (χ1) is 17.9. The standard InChI is InChI=1S/C33H22N2S/c1-3-13-23(14-4-1)25-17-7-8-18-26(25)32-27-19-9-10-20-28(27)33(36-32)30-29-21-11-12-22-35(29)34-31(30)24-15-5-2-6-16-24/h1-22H. The van der Waals surface area contributed by atoms with Crippen LogP contribution in [0.2, 0.25) is 0 Å². The Morgan fingerprint density at radius 3 is 1.83 bits per heavy atom. The minimum Gasteiger partial charge on any atom is -0.240 e. The van der Waals surface area contributed by atoms with Gasteiger partial charge in [-0.3, -0.25) is 0 Å². The number of rotatable bonds is 4. The lowest BCUT2D eigenvalue weighted by Crippen LogP contribution is -1.84. The Hall–Kier alpha value is -4.47. The van der Waals surface area contributed by atoms with E-state index < -0.39 is 0 Å². The third-order valence-electron chi connectivity index (χ3n) is 6.69. The first-order valence-electron chi connectivity index (χ1n) is 12.1. The molecule has 0 aliphatic rings. The predicted molar refractivity (Wildman–Crippen MR) is 152 cm³/mol. The summed E-state index contributed by atoms with van der Waals surface area (Å²) in [5.41, 5.74) is 8.18. The second-order valence-corrected chi connectivity index (χ2v) is 9.86. The van der Waals surface area contributed by atoms with E-state index in [1.807, 2.05) is 28.1 Å².